The van der Waals surface area contributed by atoms with Crippen molar-refractivity contribution in [1.29, 1.82) is 0 Å². The van der Waals surface area contributed by atoms with Gasteiger partial charge in [-0.3, -0.25) is 4.79 Å². The van der Waals surface area contributed by atoms with Gasteiger partial charge in [-0.05, 0) is 45.7 Å². The zero-order valence-corrected chi connectivity index (χ0v) is 12.4. The van der Waals surface area contributed by atoms with Crippen molar-refractivity contribution in [3.05, 3.63) is 0 Å². The van der Waals surface area contributed by atoms with Crippen LogP contribution >= 0.6 is 0 Å². The number of β-amino-alcohol motifs (C(OH)–C–C–N with tert-alkyl or cyclic N) is 1. The van der Waals surface area contributed by atoms with E-state index in [2.05, 4.69) is 10.2 Å². The predicted molar refractivity (Wildman–Crippen MR) is 74.9 cm³/mol. The fourth-order valence-electron chi connectivity index (χ4n) is 2.39. The van der Waals surface area contributed by atoms with E-state index in [1.807, 2.05) is 13.8 Å². The van der Waals surface area contributed by atoms with Crippen LogP contribution in [-0.4, -0.2) is 61.4 Å². The van der Waals surface area contributed by atoms with E-state index in [1.54, 1.807) is 7.05 Å². The number of aliphatic hydroxyl groups excluding tert-OH is 1. The smallest absolute Gasteiger partial charge is 0.220 e. The second kappa shape index (κ2) is 8.51. The molecule has 0 bridgehead atoms. The van der Waals surface area contributed by atoms with Gasteiger partial charge >= 0.3 is 0 Å². The highest BCUT2D eigenvalue weighted by atomic mass is 16.5. The molecule has 0 aromatic rings. The maximum Gasteiger partial charge on any atom is 0.220 e. The summed E-state index contributed by atoms with van der Waals surface area (Å²) in [5.74, 6) is 0.615. The number of ether oxygens (including phenoxy) is 1. The van der Waals surface area contributed by atoms with Crippen molar-refractivity contribution >= 4 is 5.91 Å². The molecule has 0 aromatic carbocycles. The third-order valence-electron chi connectivity index (χ3n) is 3.55. The van der Waals surface area contributed by atoms with Crippen LogP contribution in [0.3, 0.4) is 0 Å². The molecular weight excluding hydrogens is 244 g/mol. The first-order chi connectivity index (χ1) is 9.01. The third-order valence-corrected chi connectivity index (χ3v) is 3.55. The number of hydrogen-bond acceptors (Lipinski definition) is 4. The van der Waals surface area contributed by atoms with Crippen LogP contribution in [0.2, 0.25) is 0 Å². The van der Waals surface area contributed by atoms with E-state index in [9.17, 15) is 9.90 Å². The van der Waals surface area contributed by atoms with E-state index < -0.39 is 6.10 Å². The summed E-state index contributed by atoms with van der Waals surface area (Å²) in [6.07, 6.45) is 2.44. The van der Waals surface area contributed by atoms with Gasteiger partial charge in [-0.1, -0.05) is 0 Å². The lowest BCUT2D eigenvalue weighted by molar-refractivity contribution is -0.121. The fourth-order valence-corrected chi connectivity index (χ4v) is 2.39. The minimum Gasteiger partial charge on any atom is -0.389 e. The van der Waals surface area contributed by atoms with Gasteiger partial charge in [0.05, 0.1) is 18.8 Å². The number of piperidine rings is 1. The predicted octanol–water partition coefficient (Wildman–Crippen LogP) is 0.620. The summed E-state index contributed by atoms with van der Waals surface area (Å²) in [5, 5.41) is 12.5. The molecular formula is C14H28N2O3. The molecule has 2 N–H and O–H groups in total. The molecule has 19 heavy (non-hydrogen) atoms. The maximum absolute atomic E-state index is 11.3. The lowest BCUT2D eigenvalue weighted by atomic mass is 9.93. The number of amides is 1. The molecule has 1 amide bonds. The Hall–Kier alpha value is -0.650. The summed E-state index contributed by atoms with van der Waals surface area (Å²) in [5.41, 5.74) is 0. The molecule has 1 heterocycles. The van der Waals surface area contributed by atoms with Gasteiger partial charge < -0.3 is 20.1 Å². The molecule has 1 fully saturated rings. The van der Waals surface area contributed by atoms with Crippen molar-refractivity contribution in [2.24, 2.45) is 5.92 Å². The Morgan fingerprint density at radius 3 is 2.58 bits per heavy atom. The van der Waals surface area contributed by atoms with Crippen LogP contribution in [-0.2, 0) is 9.53 Å². The lowest BCUT2D eigenvalue weighted by Crippen LogP contribution is -2.41. The van der Waals surface area contributed by atoms with E-state index >= 15 is 0 Å². The van der Waals surface area contributed by atoms with Gasteiger partial charge in [0.15, 0.2) is 0 Å². The van der Waals surface area contributed by atoms with Gasteiger partial charge in [0.1, 0.15) is 0 Å². The molecule has 5 heteroatoms. The van der Waals surface area contributed by atoms with Gasteiger partial charge in [0.2, 0.25) is 5.91 Å². The van der Waals surface area contributed by atoms with Crippen molar-refractivity contribution in [2.75, 3.05) is 33.3 Å². The summed E-state index contributed by atoms with van der Waals surface area (Å²) in [6.45, 7) is 6.92. The summed E-state index contributed by atoms with van der Waals surface area (Å²) in [6, 6.07) is 0. The Bertz CT molecular complexity index is 263. The molecule has 5 nitrogen and oxygen atoms in total. The molecule has 1 atom stereocenters. The highest BCUT2D eigenvalue weighted by Gasteiger charge is 2.22. The van der Waals surface area contributed by atoms with Crippen molar-refractivity contribution in [3.63, 3.8) is 0 Å². The normalized spacial score (nSPS) is 19.6. The molecule has 112 valence electrons. The van der Waals surface area contributed by atoms with Crippen molar-refractivity contribution in [1.82, 2.24) is 10.2 Å². The molecule has 1 unspecified atom stereocenters. The quantitative estimate of drug-likeness (QED) is 0.713. The first kappa shape index (κ1) is 16.4. The van der Waals surface area contributed by atoms with Crippen LogP contribution in [0.4, 0.5) is 0 Å². The van der Waals surface area contributed by atoms with Crippen molar-refractivity contribution in [2.45, 2.75) is 45.3 Å². The summed E-state index contributed by atoms with van der Waals surface area (Å²) >= 11 is 0. The van der Waals surface area contributed by atoms with Crippen molar-refractivity contribution < 1.29 is 14.6 Å². The minimum atomic E-state index is -0.419. The largest absolute Gasteiger partial charge is 0.389 e. The Balaban J connectivity index is 2.17. The molecule has 1 saturated heterocycles. The Kier molecular flexibility index (Phi) is 7.34. The van der Waals surface area contributed by atoms with Crippen LogP contribution in [0, 0.1) is 5.92 Å². The van der Waals surface area contributed by atoms with Gasteiger partial charge in [-0.25, -0.2) is 0 Å². The summed E-state index contributed by atoms with van der Waals surface area (Å²) < 4.78 is 5.40. The van der Waals surface area contributed by atoms with Gasteiger partial charge in [-0.2, -0.15) is 0 Å². The van der Waals surface area contributed by atoms with Gasteiger partial charge in [-0.15, -0.1) is 0 Å². The van der Waals surface area contributed by atoms with E-state index in [4.69, 9.17) is 4.74 Å². The molecule has 1 rings (SSSR count). The van der Waals surface area contributed by atoms with Crippen LogP contribution in [0.1, 0.15) is 33.1 Å². The lowest BCUT2D eigenvalue weighted by Gasteiger charge is -2.32. The first-order valence-electron chi connectivity index (χ1n) is 7.23. The molecule has 1 aliphatic heterocycles. The third kappa shape index (κ3) is 6.89. The number of carbonyl (C=O) groups excluding carboxylic acids is 1. The van der Waals surface area contributed by atoms with Gasteiger partial charge in [0, 0.05) is 20.0 Å². The van der Waals surface area contributed by atoms with E-state index in [-0.39, 0.29) is 12.0 Å². The average molecular weight is 272 g/mol. The number of likely N-dealkylation sites (tertiary alicyclic amines) is 1. The molecule has 0 radical (unpaired) electrons. The standard InChI is InChI=1S/C14H28N2O3/c1-11(2)19-10-13(17)9-16-6-4-12(5-7-16)8-14(18)15-3/h11-13,17H,4-10H2,1-3H3,(H,15,18). The van der Waals surface area contributed by atoms with E-state index in [1.165, 1.54) is 0 Å². The van der Waals surface area contributed by atoms with Crippen LogP contribution in [0.15, 0.2) is 0 Å². The molecule has 0 aliphatic carbocycles. The number of nitrogens with one attached hydrogen (secondary N) is 1. The van der Waals surface area contributed by atoms with E-state index in [0.29, 0.717) is 25.5 Å². The molecule has 1 aliphatic rings. The zero-order chi connectivity index (χ0) is 14.3. The van der Waals surface area contributed by atoms with Gasteiger partial charge in [0.25, 0.3) is 0 Å². The SMILES string of the molecule is CNC(=O)CC1CCN(CC(O)COC(C)C)CC1. The molecule has 0 aromatic heterocycles. The number of nitrogens with zero attached hydrogens (tertiary/aromatic N) is 1. The monoisotopic (exact) mass is 272 g/mol. The highest BCUT2D eigenvalue weighted by Crippen LogP contribution is 2.20. The highest BCUT2D eigenvalue weighted by molar-refractivity contribution is 5.75. The Morgan fingerprint density at radius 2 is 2.05 bits per heavy atom. The molecule has 0 saturated carbocycles. The summed E-state index contributed by atoms with van der Waals surface area (Å²) in [7, 11) is 1.68. The zero-order valence-electron chi connectivity index (χ0n) is 12.4. The Labute approximate surface area is 116 Å². The maximum atomic E-state index is 11.3. The number of rotatable bonds is 7. The second-order valence-electron chi connectivity index (χ2n) is 5.66. The number of aliphatic hydroxyl groups is 1. The van der Waals surface area contributed by atoms with E-state index in [0.717, 1.165) is 25.9 Å². The molecule has 0 spiro atoms. The Morgan fingerprint density at radius 1 is 1.42 bits per heavy atom. The first-order valence-corrected chi connectivity index (χ1v) is 7.23. The minimum absolute atomic E-state index is 0.129. The summed E-state index contributed by atoms with van der Waals surface area (Å²) in [4.78, 5) is 13.6. The fraction of sp³-hybridized carbons (Fsp3) is 0.929. The van der Waals surface area contributed by atoms with Crippen molar-refractivity contribution in [3.8, 4) is 0 Å². The second-order valence-corrected chi connectivity index (χ2v) is 5.66. The number of carbonyl (C=O) groups is 1. The van der Waals surface area contributed by atoms with Crippen LogP contribution in [0.5, 0.6) is 0 Å². The average Bonchev–Trinajstić information content (AvgIpc) is 2.38. The van der Waals surface area contributed by atoms with Crippen LogP contribution < -0.4 is 5.32 Å². The topological polar surface area (TPSA) is 61.8 Å². The van der Waals surface area contributed by atoms with Crippen LogP contribution in [0.25, 0.3) is 0 Å². The number of hydrogen-bond donors (Lipinski definition) is 2.